The Kier molecular flexibility index (Phi) is 4.38. The van der Waals surface area contributed by atoms with Crippen molar-refractivity contribution in [3.05, 3.63) is 71.4 Å². The van der Waals surface area contributed by atoms with E-state index in [1.165, 1.54) is 17.8 Å². The first-order chi connectivity index (χ1) is 14.5. The molecule has 1 aliphatic rings. The van der Waals surface area contributed by atoms with E-state index in [4.69, 9.17) is 4.98 Å². The average molecular weight is 403 g/mol. The minimum atomic E-state index is -0.396. The zero-order valence-corrected chi connectivity index (χ0v) is 16.8. The number of benzene rings is 1. The van der Waals surface area contributed by atoms with Crippen LogP contribution in [0.2, 0.25) is 0 Å². The van der Waals surface area contributed by atoms with Crippen LogP contribution in [0.15, 0.2) is 48.9 Å². The highest BCUT2D eigenvalue weighted by atomic mass is 19.1. The lowest BCUT2D eigenvalue weighted by atomic mass is 10.1. The van der Waals surface area contributed by atoms with Crippen LogP contribution in [0.3, 0.4) is 0 Å². The molecule has 0 aliphatic heterocycles. The number of nitrogens with one attached hydrogen (secondary N) is 1. The predicted molar refractivity (Wildman–Crippen MR) is 113 cm³/mol. The summed E-state index contributed by atoms with van der Waals surface area (Å²) in [4.78, 5) is 8.75. The van der Waals surface area contributed by atoms with Crippen LogP contribution in [0.5, 0.6) is 5.75 Å². The van der Waals surface area contributed by atoms with E-state index in [0.717, 1.165) is 35.4 Å². The van der Waals surface area contributed by atoms with Crippen molar-refractivity contribution in [3.8, 4) is 17.0 Å². The molecular formula is C23H22FN5O. The number of hydrogen-bond donors (Lipinski definition) is 2. The highest BCUT2D eigenvalue weighted by Crippen LogP contribution is 2.30. The standard InChI is InChI=1S/C23H22FN5O/c1-13(2)20-12-26-29-22(27-18-6-14-3-4-19(30)8-15(14)7-18)9-21(28-23(20)29)16-5-17(24)11-25-10-16/h3-5,8-13,18,27,30H,6-7H2,1-2H3. The molecule has 0 bridgehead atoms. The Labute approximate surface area is 173 Å². The molecule has 1 aromatic carbocycles. The summed E-state index contributed by atoms with van der Waals surface area (Å²) in [5.41, 5.74) is 5.43. The third-order valence-electron chi connectivity index (χ3n) is 5.60. The summed E-state index contributed by atoms with van der Waals surface area (Å²) < 4.78 is 15.6. The topological polar surface area (TPSA) is 75.3 Å². The average Bonchev–Trinajstić information content (AvgIpc) is 3.31. The summed E-state index contributed by atoms with van der Waals surface area (Å²) in [6.07, 6.45) is 6.31. The second-order valence-electron chi connectivity index (χ2n) is 8.11. The van der Waals surface area contributed by atoms with Crippen molar-refractivity contribution in [2.75, 3.05) is 5.32 Å². The van der Waals surface area contributed by atoms with E-state index >= 15 is 0 Å². The van der Waals surface area contributed by atoms with Crippen molar-refractivity contribution < 1.29 is 9.50 Å². The number of aromatic nitrogens is 4. The summed E-state index contributed by atoms with van der Waals surface area (Å²) in [6.45, 7) is 4.20. The Morgan fingerprint density at radius 2 is 1.93 bits per heavy atom. The maximum atomic E-state index is 13.8. The van der Waals surface area contributed by atoms with Crippen LogP contribution in [0, 0.1) is 5.82 Å². The van der Waals surface area contributed by atoms with Gasteiger partial charge in [0.15, 0.2) is 5.65 Å². The first-order valence-corrected chi connectivity index (χ1v) is 10.0. The van der Waals surface area contributed by atoms with E-state index in [-0.39, 0.29) is 17.7 Å². The van der Waals surface area contributed by atoms with Crippen molar-refractivity contribution in [2.45, 2.75) is 38.6 Å². The van der Waals surface area contributed by atoms with Gasteiger partial charge in [-0.05, 0) is 48.1 Å². The quantitative estimate of drug-likeness (QED) is 0.530. The number of pyridine rings is 1. The van der Waals surface area contributed by atoms with Gasteiger partial charge in [0, 0.05) is 29.4 Å². The van der Waals surface area contributed by atoms with Crippen molar-refractivity contribution in [2.24, 2.45) is 0 Å². The molecule has 0 saturated heterocycles. The number of nitrogens with zero attached hydrogens (tertiary/aromatic N) is 4. The predicted octanol–water partition coefficient (Wildman–Crippen LogP) is 4.34. The number of fused-ring (bicyclic) bond motifs is 2. The molecule has 0 spiro atoms. The number of phenols is 1. The maximum Gasteiger partial charge on any atom is 0.161 e. The fourth-order valence-electron chi connectivity index (χ4n) is 4.11. The largest absolute Gasteiger partial charge is 0.508 e. The molecule has 3 aromatic heterocycles. The first kappa shape index (κ1) is 18.5. The van der Waals surface area contributed by atoms with E-state index < -0.39 is 5.82 Å². The molecule has 2 N–H and O–H groups in total. The molecule has 5 rings (SSSR count). The molecule has 6 nitrogen and oxygen atoms in total. The van der Waals surface area contributed by atoms with Crippen molar-refractivity contribution in [3.63, 3.8) is 0 Å². The summed E-state index contributed by atoms with van der Waals surface area (Å²) in [7, 11) is 0. The lowest BCUT2D eigenvalue weighted by Crippen LogP contribution is -2.21. The molecule has 3 heterocycles. The Hall–Kier alpha value is -3.48. The molecule has 0 fully saturated rings. The number of halogens is 1. The van der Waals surface area contributed by atoms with Crippen LogP contribution in [-0.4, -0.2) is 30.7 Å². The van der Waals surface area contributed by atoms with E-state index in [1.807, 2.05) is 28.9 Å². The summed E-state index contributed by atoms with van der Waals surface area (Å²) in [6, 6.07) is 9.02. The minimum absolute atomic E-state index is 0.164. The van der Waals surface area contributed by atoms with Crippen LogP contribution >= 0.6 is 0 Å². The van der Waals surface area contributed by atoms with Gasteiger partial charge in [0.05, 0.1) is 18.1 Å². The van der Waals surface area contributed by atoms with E-state index in [9.17, 15) is 9.50 Å². The highest BCUT2D eigenvalue weighted by molar-refractivity contribution is 5.68. The highest BCUT2D eigenvalue weighted by Gasteiger charge is 2.23. The van der Waals surface area contributed by atoms with Crippen LogP contribution < -0.4 is 5.32 Å². The molecular weight excluding hydrogens is 381 g/mol. The monoisotopic (exact) mass is 403 g/mol. The fraction of sp³-hybridized carbons (Fsp3) is 0.261. The van der Waals surface area contributed by atoms with Gasteiger partial charge in [-0.3, -0.25) is 4.98 Å². The van der Waals surface area contributed by atoms with Gasteiger partial charge in [-0.15, -0.1) is 0 Å². The van der Waals surface area contributed by atoms with Gasteiger partial charge >= 0.3 is 0 Å². The number of anilines is 1. The Bertz CT molecular complexity index is 1250. The number of hydrogen-bond acceptors (Lipinski definition) is 5. The van der Waals surface area contributed by atoms with Crippen LogP contribution in [0.1, 0.15) is 36.5 Å². The molecule has 1 aliphatic carbocycles. The summed E-state index contributed by atoms with van der Waals surface area (Å²) in [5, 5.41) is 17.9. The SMILES string of the molecule is CC(C)c1cnn2c(NC3Cc4ccc(O)cc4C3)cc(-c3cncc(F)c3)nc12. The second-order valence-corrected chi connectivity index (χ2v) is 8.11. The second kappa shape index (κ2) is 7.09. The molecule has 0 amide bonds. The van der Waals surface area contributed by atoms with Crippen LogP contribution in [0.4, 0.5) is 10.2 Å². The van der Waals surface area contributed by atoms with Crippen molar-refractivity contribution in [1.29, 1.82) is 0 Å². The third-order valence-corrected chi connectivity index (χ3v) is 5.60. The molecule has 0 saturated carbocycles. The van der Waals surface area contributed by atoms with Crippen LogP contribution in [0.25, 0.3) is 16.9 Å². The van der Waals surface area contributed by atoms with Gasteiger partial charge in [0.1, 0.15) is 17.4 Å². The van der Waals surface area contributed by atoms with Crippen LogP contribution in [-0.2, 0) is 12.8 Å². The minimum Gasteiger partial charge on any atom is -0.508 e. The zero-order chi connectivity index (χ0) is 20.8. The smallest absolute Gasteiger partial charge is 0.161 e. The maximum absolute atomic E-state index is 13.8. The molecule has 0 radical (unpaired) electrons. The zero-order valence-electron chi connectivity index (χ0n) is 16.8. The third kappa shape index (κ3) is 3.26. The number of aromatic hydroxyl groups is 1. The van der Waals surface area contributed by atoms with E-state index in [1.54, 1.807) is 12.3 Å². The van der Waals surface area contributed by atoms with E-state index in [2.05, 4.69) is 29.2 Å². The van der Waals surface area contributed by atoms with Gasteiger partial charge in [0.25, 0.3) is 0 Å². The van der Waals surface area contributed by atoms with Crippen molar-refractivity contribution >= 4 is 11.5 Å². The van der Waals surface area contributed by atoms with Gasteiger partial charge in [-0.25, -0.2) is 9.37 Å². The number of phenolic OH excluding ortho intramolecular Hbond substituents is 1. The molecule has 1 unspecified atom stereocenters. The normalized spacial score (nSPS) is 15.7. The Balaban J connectivity index is 1.57. The fourth-order valence-corrected chi connectivity index (χ4v) is 4.11. The van der Waals surface area contributed by atoms with Gasteiger partial charge < -0.3 is 10.4 Å². The lowest BCUT2D eigenvalue weighted by Gasteiger charge is -2.16. The summed E-state index contributed by atoms with van der Waals surface area (Å²) >= 11 is 0. The molecule has 4 aromatic rings. The Morgan fingerprint density at radius 3 is 2.73 bits per heavy atom. The summed E-state index contributed by atoms with van der Waals surface area (Å²) in [5.74, 6) is 0.943. The van der Waals surface area contributed by atoms with Gasteiger partial charge in [-0.1, -0.05) is 19.9 Å². The lowest BCUT2D eigenvalue weighted by molar-refractivity contribution is 0.474. The van der Waals surface area contributed by atoms with Crippen molar-refractivity contribution in [1.82, 2.24) is 19.6 Å². The van der Waals surface area contributed by atoms with Gasteiger partial charge in [0.2, 0.25) is 0 Å². The first-order valence-electron chi connectivity index (χ1n) is 10.0. The number of rotatable bonds is 4. The molecule has 30 heavy (non-hydrogen) atoms. The van der Waals surface area contributed by atoms with E-state index in [0.29, 0.717) is 11.3 Å². The Morgan fingerprint density at radius 1 is 1.10 bits per heavy atom. The molecule has 1 atom stereocenters. The van der Waals surface area contributed by atoms with Gasteiger partial charge in [-0.2, -0.15) is 9.61 Å². The molecule has 7 heteroatoms. The molecule has 152 valence electrons.